The maximum Gasteiger partial charge on any atom is 0.146 e. The highest BCUT2D eigenvalue weighted by Gasteiger charge is 2.26. The molecule has 1 aromatic rings. The quantitative estimate of drug-likeness (QED) is 0.794. The number of pyridine rings is 1. The Morgan fingerprint density at radius 1 is 1.30 bits per heavy atom. The van der Waals surface area contributed by atoms with Crippen molar-refractivity contribution in [3.8, 4) is 6.07 Å². The van der Waals surface area contributed by atoms with E-state index in [1.54, 1.807) is 0 Å². The number of aromatic nitrogens is 1. The van der Waals surface area contributed by atoms with Gasteiger partial charge in [0.2, 0.25) is 0 Å². The molecule has 0 bridgehead atoms. The molecule has 0 amide bonds. The van der Waals surface area contributed by atoms with E-state index in [1.165, 1.54) is 5.56 Å². The fourth-order valence-electron chi connectivity index (χ4n) is 3.17. The molecule has 0 aromatic carbocycles. The number of fused-ring (bicyclic) bond motifs is 1. The number of rotatable bonds is 7. The lowest BCUT2D eigenvalue weighted by molar-refractivity contribution is 0.268. The molecule has 0 atom stereocenters. The number of nitriles is 1. The third-order valence-electron chi connectivity index (χ3n) is 4.51. The van der Waals surface area contributed by atoms with E-state index in [9.17, 15) is 5.26 Å². The second-order valence-corrected chi connectivity index (χ2v) is 5.73. The van der Waals surface area contributed by atoms with E-state index >= 15 is 0 Å². The van der Waals surface area contributed by atoms with E-state index in [0.717, 1.165) is 50.5 Å². The number of nitrogens with one attached hydrogen (secondary N) is 1. The standard InChI is InChI=1S/C17H28N6/c1-4-22-10-7-13-14(11-19)16(20-9-8-18)21-17(15(13)12-22)23(5-2)6-3/h4-10,12,18H2,1-3H3,(H,20,21). The summed E-state index contributed by atoms with van der Waals surface area (Å²) in [5, 5.41) is 12.9. The van der Waals surface area contributed by atoms with Crippen molar-refractivity contribution >= 4 is 11.6 Å². The molecule has 1 aliphatic heterocycles. The smallest absolute Gasteiger partial charge is 0.146 e. The van der Waals surface area contributed by atoms with Crippen LogP contribution in [-0.4, -0.2) is 49.2 Å². The predicted octanol–water partition coefficient (Wildman–Crippen LogP) is 1.55. The van der Waals surface area contributed by atoms with Crippen LogP contribution >= 0.6 is 0 Å². The van der Waals surface area contributed by atoms with Crippen LogP contribution in [0.2, 0.25) is 0 Å². The summed E-state index contributed by atoms with van der Waals surface area (Å²) < 4.78 is 0. The summed E-state index contributed by atoms with van der Waals surface area (Å²) in [4.78, 5) is 9.49. The van der Waals surface area contributed by atoms with Gasteiger partial charge in [0.05, 0.1) is 5.56 Å². The zero-order valence-corrected chi connectivity index (χ0v) is 14.5. The van der Waals surface area contributed by atoms with Gasteiger partial charge in [0.25, 0.3) is 0 Å². The summed E-state index contributed by atoms with van der Waals surface area (Å²) in [6, 6.07) is 2.36. The molecule has 0 spiro atoms. The molecule has 0 saturated heterocycles. The molecule has 0 fully saturated rings. The maximum atomic E-state index is 9.65. The van der Waals surface area contributed by atoms with Crippen LogP contribution in [0.3, 0.4) is 0 Å². The molecule has 2 rings (SSSR count). The van der Waals surface area contributed by atoms with E-state index < -0.39 is 0 Å². The minimum absolute atomic E-state index is 0.522. The first-order valence-corrected chi connectivity index (χ1v) is 8.57. The Hall–Kier alpha value is -1.84. The van der Waals surface area contributed by atoms with Crippen molar-refractivity contribution in [1.29, 1.82) is 5.26 Å². The Labute approximate surface area is 139 Å². The summed E-state index contributed by atoms with van der Waals surface area (Å²) in [6.45, 7) is 12.3. The molecule has 126 valence electrons. The van der Waals surface area contributed by atoms with Gasteiger partial charge in [-0.1, -0.05) is 6.92 Å². The summed E-state index contributed by atoms with van der Waals surface area (Å²) in [7, 11) is 0. The molecule has 2 heterocycles. The Balaban J connectivity index is 2.57. The van der Waals surface area contributed by atoms with Crippen LogP contribution in [0.25, 0.3) is 0 Å². The topological polar surface area (TPSA) is 81.2 Å². The minimum Gasteiger partial charge on any atom is -0.368 e. The van der Waals surface area contributed by atoms with E-state index in [1.807, 2.05) is 0 Å². The Morgan fingerprint density at radius 2 is 2.04 bits per heavy atom. The highest BCUT2D eigenvalue weighted by Crippen LogP contribution is 2.33. The number of likely N-dealkylation sites (N-methyl/N-ethyl adjacent to an activating group) is 1. The van der Waals surface area contributed by atoms with Gasteiger partial charge in [0.1, 0.15) is 17.7 Å². The molecule has 1 aromatic heterocycles. The average molecular weight is 316 g/mol. The Morgan fingerprint density at radius 3 is 2.61 bits per heavy atom. The average Bonchev–Trinajstić information content (AvgIpc) is 2.60. The first-order chi connectivity index (χ1) is 11.2. The molecule has 0 radical (unpaired) electrons. The molecule has 0 unspecified atom stereocenters. The zero-order valence-electron chi connectivity index (χ0n) is 14.5. The summed E-state index contributed by atoms with van der Waals surface area (Å²) in [5.41, 5.74) is 8.68. The fraction of sp³-hybridized carbons (Fsp3) is 0.647. The van der Waals surface area contributed by atoms with Crippen LogP contribution in [0.5, 0.6) is 0 Å². The molecule has 23 heavy (non-hydrogen) atoms. The van der Waals surface area contributed by atoms with Gasteiger partial charge >= 0.3 is 0 Å². The zero-order chi connectivity index (χ0) is 16.8. The summed E-state index contributed by atoms with van der Waals surface area (Å²) >= 11 is 0. The van der Waals surface area contributed by atoms with Gasteiger partial charge in [-0.25, -0.2) is 4.98 Å². The summed E-state index contributed by atoms with van der Waals surface area (Å²) in [6.07, 6.45) is 0.903. The van der Waals surface area contributed by atoms with E-state index in [4.69, 9.17) is 10.7 Å². The third-order valence-corrected chi connectivity index (χ3v) is 4.51. The fourth-order valence-corrected chi connectivity index (χ4v) is 3.17. The first-order valence-electron chi connectivity index (χ1n) is 8.57. The molecule has 6 nitrogen and oxygen atoms in total. The van der Waals surface area contributed by atoms with Crippen molar-refractivity contribution in [2.24, 2.45) is 5.73 Å². The van der Waals surface area contributed by atoms with Gasteiger partial charge in [0.15, 0.2) is 0 Å². The van der Waals surface area contributed by atoms with Crippen molar-refractivity contribution in [1.82, 2.24) is 9.88 Å². The van der Waals surface area contributed by atoms with Crippen LogP contribution in [0, 0.1) is 11.3 Å². The van der Waals surface area contributed by atoms with Crippen molar-refractivity contribution < 1.29 is 0 Å². The van der Waals surface area contributed by atoms with Gasteiger partial charge in [-0.2, -0.15) is 5.26 Å². The molecule has 0 aliphatic carbocycles. The number of hydrogen-bond donors (Lipinski definition) is 2. The van der Waals surface area contributed by atoms with Crippen LogP contribution < -0.4 is 16.0 Å². The lowest BCUT2D eigenvalue weighted by Crippen LogP contribution is -2.34. The number of anilines is 2. The number of nitrogens with two attached hydrogens (primary N) is 1. The van der Waals surface area contributed by atoms with Gasteiger partial charge in [-0.05, 0) is 32.4 Å². The number of nitrogens with zero attached hydrogens (tertiary/aromatic N) is 4. The van der Waals surface area contributed by atoms with Crippen molar-refractivity contribution in [2.75, 3.05) is 49.5 Å². The van der Waals surface area contributed by atoms with Gasteiger partial charge in [0, 0.05) is 44.8 Å². The normalized spacial score (nSPS) is 14.2. The second kappa shape index (κ2) is 8.14. The van der Waals surface area contributed by atoms with Crippen LogP contribution in [0.1, 0.15) is 37.5 Å². The largest absolute Gasteiger partial charge is 0.368 e. The van der Waals surface area contributed by atoms with Crippen LogP contribution in [0.15, 0.2) is 0 Å². The Bertz CT molecular complexity index is 573. The molecule has 0 saturated carbocycles. The third kappa shape index (κ3) is 3.57. The maximum absolute atomic E-state index is 9.65. The van der Waals surface area contributed by atoms with Crippen LogP contribution in [0.4, 0.5) is 11.6 Å². The number of hydrogen-bond acceptors (Lipinski definition) is 6. The monoisotopic (exact) mass is 316 g/mol. The predicted molar refractivity (Wildman–Crippen MR) is 94.7 cm³/mol. The molecule has 3 N–H and O–H groups in total. The van der Waals surface area contributed by atoms with Gasteiger partial charge in [-0.15, -0.1) is 0 Å². The van der Waals surface area contributed by atoms with Crippen molar-refractivity contribution in [3.63, 3.8) is 0 Å². The summed E-state index contributed by atoms with van der Waals surface area (Å²) in [5.74, 6) is 1.70. The van der Waals surface area contributed by atoms with Crippen LogP contribution in [-0.2, 0) is 13.0 Å². The van der Waals surface area contributed by atoms with Gasteiger partial charge in [-0.3, -0.25) is 4.90 Å². The van der Waals surface area contributed by atoms with Crippen molar-refractivity contribution in [3.05, 3.63) is 16.7 Å². The van der Waals surface area contributed by atoms with E-state index in [2.05, 4.69) is 42.0 Å². The molecular formula is C17H28N6. The van der Waals surface area contributed by atoms with Crippen molar-refractivity contribution in [2.45, 2.75) is 33.7 Å². The molecular weight excluding hydrogens is 288 g/mol. The molecule has 6 heteroatoms. The highest BCUT2D eigenvalue weighted by atomic mass is 15.2. The minimum atomic E-state index is 0.522. The van der Waals surface area contributed by atoms with E-state index in [-0.39, 0.29) is 0 Å². The Kier molecular flexibility index (Phi) is 6.20. The second-order valence-electron chi connectivity index (χ2n) is 5.73. The van der Waals surface area contributed by atoms with Gasteiger partial charge < -0.3 is 16.0 Å². The lowest BCUT2D eigenvalue weighted by atomic mass is 9.95. The lowest BCUT2D eigenvalue weighted by Gasteiger charge is -2.33. The SMILES string of the molecule is CCN1CCc2c(C#N)c(NCCN)nc(N(CC)CC)c2C1. The highest BCUT2D eigenvalue weighted by molar-refractivity contribution is 5.66. The first kappa shape index (κ1) is 17.5. The van der Waals surface area contributed by atoms with E-state index in [0.29, 0.717) is 24.5 Å². The molecule has 1 aliphatic rings.